The van der Waals surface area contributed by atoms with Gasteiger partial charge in [-0.2, -0.15) is 0 Å². The summed E-state index contributed by atoms with van der Waals surface area (Å²) in [5, 5.41) is 6.83. The van der Waals surface area contributed by atoms with Gasteiger partial charge in [-0.05, 0) is 54.5 Å². The first-order valence-electron chi connectivity index (χ1n) is 12.2. The van der Waals surface area contributed by atoms with Crippen molar-refractivity contribution in [1.82, 2.24) is 5.32 Å². The third kappa shape index (κ3) is 4.17. The molecule has 6 nitrogen and oxygen atoms in total. The Morgan fingerprint density at radius 1 is 1.06 bits per heavy atom. The summed E-state index contributed by atoms with van der Waals surface area (Å²) in [5.41, 5.74) is 3.95. The number of Topliss-reactive ketones (excluding diaryl/α,β-unsaturated/α-hetero) is 1. The third-order valence-electron chi connectivity index (χ3n) is 7.23. The number of nitrogens with one attached hydrogen (secondary N) is 2. The lowest BCUT2D eigenvalue weighted by molar-refractivity contribution is -0.118. The normalized spacial score (nSPS) is 21.9. The minimum Gasteiger partial charge on any atom is -0.497 e. The molecule has 2 aromatic carbocycles. The van der Waals surface area contributed by atoms with Crippen molar-refractivity contribution in [3.8, 4) is 5.75 Å². The van der Waals surface area contributed by atoms with Crippen molar-refractivity contribution in [2.75, 3.05) is 17.3 Å². The number of allylic oxidation sites excluding steroid dienone is 1. The van der Waals surface area contributed by atoms with Crippen LogP contribution in [0.15, 0.2) is 59.8 Å². The molecule has 1 heterocycles. The molecule has 1 atom stereocenters. The number of hydrogen-bond donors (Lipinski definition) is 2. The molecule has 3 aliphatic rings. The lowest BCUT2D eigenvalue weighted by atomic mass is 9.73. The monoisotopic (exact) mass is 459 g/mol. The van der Waals surface area contributed by atoms with Crippen molar-refractivity contribution in [3.05, 3.63) is 65.4 Å². The zero-order valence-corrected chi connectivity index (χ0v) is 20.2. The largest absolute Gasteiger partial charge is 0.497 e. The van der Waals surface area contributed by atoms with Crippen molar-refractivity contribution in [3.63, 3.8) is 0 Å². The van der Waals surface area contributed by atoms with Crippen LogP contribution < -0.4 is 20.3 Å². The number of urea groups is 1. The Labute approximate surface area is 201 Å². The second-order valence-electron chi connectivity index (χ2n) is 10.5. The van der Waals surface area contributed by atoms with Crippen LogP contribution in [0, 0.1) is 5.41 Å². The standard InChI is InChI=1S/C28H33N3O3/c1-28(2)16-22-25(24(32)17-28)26(18-12-14-20(34-3)15-13-18)31(23-11-7-6-10-21(23)30-22)27(33)29-19-8-4-5-9-19/h6-7,10-15,19,26,30H,4-5,8-9,16-17H2,1-3H3,(H,29,33)/t26-/m1/s1. The van der Waals surface area contributed by atoms with Gasteiger partial charge in [0, 0.05) is 23.7 Å². The summed E-state index contributed by atoms with van der Waals surface area (Å²) in [6.45, 7) is 4.25. The molecule has 2 aliphatic carbocycles. The van der Waals surface area contributed by atoms with E-state index in [0.29, 0.717) is 12.0 Å². The lowest BCUT2D eigenvalue weighted by Crippen LogP contribution is -2.47. The molecular weight excluding hydrogens is 426 g/mol. The molecule has 0 radical (unpaired) electrons. The summed E-state index contributed by atoms with van der Waals surface area (Å²) in [6, 6.07) is 15.0. The van der Waals surface area contributed by atoms with Crippen molar-refractivity contribution >= 4 is 23.2 Å². The Bertz CT molecular complexity index is 1130. The summed E-state index contributed by atoms with van der Waals surface area (Å²) < 4.78 is 5.37. The predicted octanol–water partition coefficient (Wildman–Crippen LogP) is 5.96. The van der Waals surface area contributed by atoms with E-state index in [1.54, 1.807) is 12.0 Å². The Kier molecular flexibility index (Phi) is 5.84. The maximum absolute atomic E-state index is 13.9. The highest BCUT2D eigenvalue weighted by Gasteiger charge is 2.43. The first-order chi connectivity index (χ1) is 16.4. The average Bonchev–Trinajstić information content (AvgIpc) is 3.26. The third-order valence-corrected chi connectivity index (χ3v) is 7.23. The van der Waals surface area contributed by atoms with Crippen LogP contribution >= 0.6 is 0 Å². The van der Waals surface area contributed by atoms with Crippen LogP contribution in [-0.4, -0.2) is 25.0 Å². The van der Waals surface area contributed by atoms with E-state index >= 15 is 0 Å². The Morgan fingerprint density at radius 2 is 1.76 bits per heavy atom. The van der Waals surface area contributed by atoms with Gasteiger partial charge in [-0.25, -0.2) is 4.79 Å². The number of rotatable bonds is 3. The van der Waals surface area contributed by atoms with E-state index in [1.165, 1.54) is 0 Å². The molecule has 6 heteroatoms. The first kappa shape index (κ1) is 22.5. The number of amides is 2. The minimum atomic E-state index is -0.526. The van der Waals surface area contributed by atoms with Gasteiger partial charge >= 0.3 is 6.03 Å². The topological polar surface area (TPSA) is 70.7 Å². The van der Waals surface area contributed by atoms with Gasteiger partial charge in [0.15, 0.2) is 5.78 Å². The summed E-state index contributed by atoms with van der Waals surface area (Å²) >= 11 is 0. The fourth-order valence-corrected chi connectivity index (χ4v) is 5.63. The quantitative estimate of drug-likeness (QED) is 0.594. The van der Waals surface area contributed by atoms with Gasteiger partial charge in [-0.15, -0.1) is 0 Å². The van der Waals surface area contributed by atoms with Crippen molar-refractivity contribution in [1.29, 1.82) is 0 Å². The number of ketones is 1. The van der Waals surface area contributed by atoms with Gasteiger partial charge < -0.3 is 15.4 Å². The Balaban J connectivity index is 1.69. The number of methoxy groups -OCH3 is 1. The molecule has 0 spiro atoms. The fourth-order valence-electron chi connectivity index (χ4n) is 5.63. The van der Waals surface area contributed by atoms with Crippen LogP contribution in [0.25, 0.3) is 0 Å². The van der Waals surface area contributed by atoms with E-state index in [2.05, 4.69) is 24.5 Å². The second-order valence-corrected chi connectivity index (χ2v) is 10.5. The molecule has 0 saturated heterocycles. The number of benzene rings is 2. The maximum atomic E-state index is 13.9. The van der Waals surface area contributed by atoms with E-state index in [1.807, 2.05) is 48.5 Å². The maximum Gasteiger partial charge on any atom is 0.323 e. The zero-order chi connectivity index (χ0) is 23.9. The van der Waals surface area contributed by atoms with Crippen molar-refractivity contribution in [2.45, 2.75) is 64.5 Å². The van der Waals surface area contributed by atoms with E-state index < -0.39 is 6.04 Å². The summed E-state index contributed by atoms with van der Waals surface area (Å²) in [5.74, 6) is 0.828. The SMILES string of the molecule is COc1ccc([C@@H]2C3=C(CC(C)(C)CC3=O)Nc3ccccc3N2C(=O)NC2CCCC2)cc1. The van der Waals surface area contributed by atoms with Gasteiger partial charge in [-0.3, -0.25) is 9.69 Å². The fraction of sp³-hybridized carbons (Fsp3) is 0.429. The number of nitrogens with zero attached hydrogens (tertiary/aromatic N) is 1. The van der Waals surface area contributed by atoms with Gasteiger partial charge in [0.25, 0.3) is 0 Å². The van der Waals surface area contributed by atoms with Crippen molar-refractivity contribution < 1.29 is 14.3 Å². The van der Waals surface area contributed by atoms with E-state index in [4.69, 9.17) is 4.74 Å². The van der Waals surface area contributed by atoms with Crippen LogP contribution in [0.3, 0.4) is 0 Å². The van der Waals surface area contributed by atoms with Crippen LogP contribution in [0.5, 0.6) is 5.75 Å². The number of carbonyl (C=O) groups is 2. The van der Waals surface area contributed by atoms with E-state index in [0.717, 1.165) is 60.5 Å². The number of ether oxygens (including phenoxy) is 1. The molecule has 2 N–H and O–H groups in total. The van der Waals surface area contributed by atoms with Crippen LogP contribution in [0.4, 0.5) is 16.2 Å². The van der Waals surface area contributed by atoms with Crippen LogP contribution in [-0.2, 0) is 4.79 Å². The Hall–Kier alpha value is -3.28. The summed E-state index contributed by atoms with van der Waals surface area (Å²) in [6.07, 6.45) is 5.45. The summed E-state index contributed by atoms with van der Waals surface area (Å²) in [4.78, 5) is 29.4. The molecule has 0 bridgehead atoms. The molecule has 34 heavy (non-hydrogen) atoms. The Morgan fingerprint density at radius 3 is 2.47 bits per heavy atom. The molecule has 0 aromatic heterocycles. The van der Waals surface area contributed by atoms with Gasteiger partial charge in [0.2, 0.25) is 0 Å². The molecule has 1 fully saturated rings. The second kappa shape index (κ2) is 8.82. The van der Waals surface area contributed by atoms with E-state index in [9.17, 15) is 9.59 Å². The van der Waals surface area contributed by atoms with Crippen LogP contribution in [0.2, 0.25) is 0 Å². The molecule has 0 unspecified atom stereocenters. The number of carbonyl (C=O) groups excluding carboxylic acids is 2. The predicted molar refractivity (Wildman–Crippen MR) is 134 cm³/mol. The molecular formula is C28H33N3O3. The molecule has 1 saturated carbocycles. The average molecular weight is 460 g/mol. The lowest BCUT2D eigenvalue weighted by Gasteiger charge is -2.37. The molecule has 178 valence electrons. The molecule has 5 rings (SSSR count). The van der Waals surface area contributed by atoms with Crippen LogP contribution in [0.1, 0.15) is 64.0 Å². The highest BCUT2D eigenvalue weighted by atomic mass is 16.5. The van der Waals surface area contributed by atoms with Gasteiger partial charge in [0.05, 0.1) is 24.5 Å². The highest BCUT2D eigenvalue weighted by molar-refractivity contribution is 6.06. The number of para-hydroxylation sites is 2. The van der Waals surface area contributed by atoms with Gasteiger partial charge in [0.1, 0.15) is 5.75 Å². The van der Waals surface area contributed by atoms with Gasteiger partial charge in [-0.1, -0.05) is 51.0 Å². The van der Waals surface area contributed by atoms with E-state index in [-0.39, 0.29) is 23.3 Å². The first-order valence-corrected chi connectivity index (χ1v) is 12.2. The molecule has 1 aliphatic heterocycles. The molecule has 2 amide bonds. The summed E-state index contributed by atoms with van der Waals surface area (Å²) in [7, 11) is 1.63. The zero-order valence-electron chi connectivity index (χ0n) is 20.2. The number of hydrogen-bond acceptors (Lipinski definition) is 4. The number of fused-ring (bicyclic) bond motifs is 1. The molecule has 2 aromatic rings. The minimum absolute atomic E-state index is 0.0889. The van der Waals surface area contributed by atoms with Crippen molar-refractivity contribution in [2.24, 2.45) is 5.41 Å². The smallest absolute Gasteiger partial charge is 0.323 e. The highest BCUT2D eigenvalue weighted by Crippen LogP contribution is 2.48. The number of anilines is 2.